The summed E-state index contributed by atoms with van der Waals surface area (Å²) in [5.74, 6) is -0.00119. The molecule has 126 valence electrons. The molecule has 2 aromatic rings. The first-order chi connectivity index (χ1) is 11.2. The third-order valence-electron chi connectivity index (χ3n) is 2.91. The van der Waals surface area contributed by atoms with Gasteiger partial charge in [-0.3, -0.25) is 0 Å². The molecular weight excluding hydrogens is 300 g/mol. The molecule has 0 aromatic heterocycles. The van der Waals surface area contributed by atoms with Gasteiger partial charge in [-0.15, -0.1) is 0 Å². The number of ether oxygens (including phenoxy) is 1. The predicted molar refractivity (Wildman–Crippen MR) is 99.9 cm³/mol. The van der Waals surface area contributed by atoms with Gasteiger partial charge in [0.1, 0.15) is 11.4 Å². The molecule has 0 bridgehead atoms. The number of rotatable bonds is 3. The zero-order chi connectivity index (χ0) is 18.2. The van der Waals surface area contributed by atoms with Gasteiger partial charge in [0.25, 0.3) is 0 Å². The molecule has 0 fully saturated rings. The molecule has 0 saturated carbocycles. The van der Waals surface area contributed by atoms with Crippen LogP contribution >= 0.6 is 0 Å². The molecule has 24 heavy (non-hydrogen) atoms. The highest BCUT2D eigenvalue weighted by Crippen LogP contribution is 2.13. The van der Waals surface area contributed by atoms with Crippen LogP contribution in [0.25, 0.3) is 12.2 Å². The fourth-order valence-corrected chi connectivity index (χ4v) is 1.70. The van der Waals surface area contributed by atoms with E-state index in [1.807, 2.05) is 45.0 Å². The monoisotopic (exact) mass is 324 g/mol. The van der Waals surface area contributed by atoms with Gasteiger partial charge in [0.2, 0.25) is 0 Å². The SMILES string of the molecule is C=Cc1ccc(C(=O)OC(C)(C)C)cc1.C=Cc1ccc(O)cc1. The number of benzene rings is 2. The summed E-state index contributed by atoms with van der Waals surface area (Å²) in [6.45, 7) is 12.8. The Morgan fingerprint density at radius 3 is 1.71 bits per heavy atom. The lowest BCUT2D eigenvalue weighted by atomic mass is 10.1. The number of aromatic hydroxyl groups is 1. The fourth-order valence-electron chi connectivity index (χ4n) is 1.70. The number of carbonyl (C=O) groups is 1. The minimum atomic E-state index is -0.450. The Morgan fingerprint density at radius 2 is 1.33 bits per heavy atom. The number of phenolic OH excluding ortho intramolecular Hbond substituents is 1. The molecule has 0 saturated heterocycles. The Bertz CT molecular complexity index is 675. The van der Waals surface area contributed by atoms with Crippen LogP contribution in [0.1, 0.15) is 42.3 Å². The third-order valence-corrected chi connectivity index (χ3v) is 2.91. The van der Waals surface area contributed by atoms with Crippen LogP contribution in [-0.4, -0.2) is 16.7 Å². The maximum absolute atomic E-state index is 11.6. The normalized spacial score (nSPS) is 10.1. The molecule has 0 aliphatic rings. The minimum Gasteiger partial charge on any atom is -0.508 e. The molecule has 0 aliphatic heterocycles. The molecule has 0 radical (unpaired) electrons. The topological polar surface area (TPSA) is 46.5 Å². The Kier molecular flexibility index (Phi) is 6.99. The minimum absolute atomic E-state index is 0.292. The first kappa shape index (κ1) is 19.2. The van der Waals surface area contributed by atoms with Crippen LogP contribution in [0, 0.1) is 0 Å². The number of hydrogen-bond donors (Lipinski definition) is 1. The lowest BCUT2D eigenvalue weighted by Gasteiger charge is -2.19. The predicted octanol–water partition coefficient (Wildman–Crippen LogP) is 5.32. The van der Waals surface area contributed by atoms with E-state index in [4.69, 9.17) is 9.84 Å². The van der Waals surface area contributed by atoms with Gasteiger partial charge < -0.3 is 9.84 Å². The van der Waals surface area contributed by atoms with Crippen LogP contribution < -0.4 is 0 Å². The molecule has 0 unspecified atom stereocenters. The highest BCUT2D eigenvalue weighted by molar-refractivity contribution is 5.89. The van der Waals surface area contributed by atoms with Gasteiger partial charge >= 0.3 is 5.97 Å². The molecule has 2 rings (SSSR count). The van der Waals surface area contributed by atoms with Gasteiger partial charge in [-0.25, -0.2) is 4.79 Å². The van der Waals surface area contributed by atoms with Gasteiger partial charge in [-0.2, -0.15) is 0 Å². The van der Waals surface area contributed by atoms with Crippen molar-refractivity contribution in [3.8, 4) is 5.75 Å². The quantitative estimate of drug-likeness (QED) is 0.777. The van der Waals surface area contributed by atoms with E-state index in [2.05, 4.69) is 13.2 Å². The highest BCUT2D eigenvalue weighted by atomic mass is 16.6. The maximum Gasteiger partial charge on any atom is 0.338 e. The van der Waals surface area contributed by atoms with Crippen molar-refractivity contribution < 1.29 is 14.6 Å². The smallest absolute Gasteiger partial charge is 0.338 e. The lowest BCUT2D eigenvalue weighted by molar-refractivity contribution is 0.00695. The van der Waals surface area contributed by atoms with Gasteiger partial charge in [0.05, 0.1) is 5.56 Å². The Balaban J connectivity index is 0.000000272. The molecule has 3 heteroatoms. The summed E-state index contributed by atoms with van der Waals surface area (Å²) in [4.78, 5) is 11.6. The first-order valence-electron chi connectivity index (χ1n) is 7.62. The summed E-state index contributed by atoms with van der Waals surface area (Å²) in [6, 6.07) is 14.0. The van der Waals surface area contributed by atoms with Crippen LogP contribution in [0.5, 0.6) is 5.75 Å². The van der Waals surface area contributed by atoms with E-state index in [0.717, 1.165) is 11.1 Å². The fraction of sp³-hybridized carbons (Fsp3) is 0.190. The van der Waals surface area contributed by atoms with E-state index < -0.39 is 5.60 Å². The zero-order valence-electron chi connectivity index (χ0n) is 14.5. The van der Waals surface area contributed by atoms with Crippen LogP contribution in [0.4, 0.5) is 0 Å². The summed E-state index contributed by atoms with van der Waals surface area (Å²) in [5.41, 5.74) is 2.12. The van der Waals surface area contributed by atoms with Crippen molar-refractivity contribution >= 4 is 18.1 Å². The van der Waals surface area contributed by atoms with Crippen molar-refractivity contribution in [2.24, 2.45) is 0 Å². The average Bonchev–Trinajstić information content (AvgIpc) is 2.55. The molecule has 1 N–H and O–H groups in total. The van der Waals surface area contributed by atoms with E-state index in [9.17, 15) is 4.79 Å². The van der Waals surface area contributed by atoms with Gasteiger partial charge in [0, 0.05) is 0 Å². The second kappa shape index (κ2) is 8.73. The van der Waals surface area contributed by atoms with Gasteiger partial charge in [0.15, 0.2) is 0 Å². The second-order valence-electron chi connectivity index (χ2n) is 6.12. The molecule has 0 amide bonds. The van der Waals surface area contributed by atoms with Crippen molar-refractivity contribution in [1.82, 2.24) is 0 Å². The Hall–Kier alpha value is -2.81. The van der Waals surface area contributed by atoms with Crippen LogP contribution in [-0.2, 0) is 4.74 Å². The molecule has 2 aromatic carbocycles. The van der Waals surface area contributed by atoms with Crippen molar-refractivity contribution in [3.05, 3.63) is 78.4 Å². The highest BCUT2D eigenvalue weighted by Gasteiger charge is 2.17. The van der Waals surface area contributed by atoms with E-state index in [1.54, 1.807) is 36.4 Å². The second-order valence-corrected chi connectivity index (χ2v) is 6.12. The summed E-state index contributed by atoms with van der Waals surface area (Å²) in [7, 11) is 0. The van der Waals surface area contributed by atoms with Crippen LogP contribution in [0.3, 0.4) is 0 Å². The van der Waals surface area contributed by atoms with E-state index in [-0.39, 0.29) is 5.97 Å². The summed E-state index contributed by atoms with van der Waals surface area (Å²) in [5, 5.41) is 8.82. The zero-order valence-corrected chi connectivity index (χ0v) is 14.5. The first-order valence-corrected chi connectivity index (χ1v) is 7.62. The number of phenols is 1. The molecule has 0 heterocycles. The van der Waals surface area contributed by atoms with Crippen molar-refractivity contribution in [2.75, 3.05) is 0 Å². The van der Waals surface area contributed by atoms with Crippen molar-refractivity contribution in [3.63, 3.8) is 0 Å². The van der Waals surface area contributed by atoms with Gasteiger partial charge in [-0.1, -0.05) is 49.6 Å². The van der Waals surface area contributed by atoms with Crippen LogP contribution in [0.2, 0.25) is 0 Å². The lowest BCUT2D eigenvalue weighted by Crippen LogP contribution is -2.23. The standard InChI is InChI=1S/C13H16O2.C8H8O/c1-5-10-6-8-11(9-7-10)12(14)15-13(2,3)4;1-2-7-3-5-8(9)6-4-7/h5-9H,1H2,2-4H3;2-6,9H,1H2. The van der Waals surface area contributed by atoms with Crippen molar-refractivity contribution in [2.45, 2.75) is 26.4 Å². The number of carbonyl (C=O) groups excluding carboxylic acids is 1. The molecule has 0 aliphatic carbocycles. The molecule has 0 spiro atoms. The largest absolute Gasteiger partial charge is 0.508 e. The van der Waals surface area contributed by atoms with Crippen LogP contribution in [0.15, 0.2) is 61.7 Å². The van der Waals surface area contributed by atoms with E-state index >= 15 is 0 Å². The Morgan fingerprint density at radius 1 is 0.917 bits per heavy atom. The number of hydrogen-bond acceptors (Lipinski definition) is 3. The van der Waals surface area contributed by atoms with Crippen molar-refractivity contribution in [1.29, 1.82) is 0 Å². The molecular formula is C21H24O3. The molecule has 3 nitrogen and oxygen atoms in total. The van der Waals surface area contributed by atoms with E-state index in [1.165, 1.54) is 0 Å². The third kappa shape index (κ3) is 6.97. The molecule has 0 atom stereocenters. The summed E-state index contributed by atoms with van der Waals surface area (Å²) >= 11 is 0. The summed E-state index contributed by atoms with van der Waals surface area (Å²) < 4.78 is 5.23. The summed E-state index contributed by atoms with van der Waals surface area (Å²) in [6.07, 6.45) is 3.47. The van der Waals surface area contributed by atoms with Gasteiger partial charge in [-0.05, 0) is 56.2 Å². The maximum atomic E-state index is 11.6. The van der Waals surface area contributed by atoms with E-state index in [0.29, 0.717) is 11.3 Å². The number of esters is 1. The Labute approximate surface area is 143 Å². The average molecular weight is 324 g/mol.